The van der Waals surface area contributed by atoms with Gasteiger partial charge in [-0.25, -0.2) is 4.79 Å². The Morgan fingerprint density at radius 1 is 1.24 bits per heavy atom. The summed E-state index contributed by atoms with van der Waals surface area (Å²) in [6.07, 6.45) is 0. The SMILES string of the molecule is C=C(C)C(=O)OCC(C)COCC(C)C(=O)O. The van der Waals surface area contributed by atoms with Gasteiger partial charge in [-0.3, -0.25) is 4.79 Å². The van der Waals surface area contributed by atoms with Crippen molar-refractivity contribution in [2.45, 2.75) is 20.8 Å². The fraction of sp³-hybridized carbons (Fsp3) is 0.667. The second kappa shape index (κ2) is 7.84. The highest BCUT2D eigenvalue weighted by Gasteiger charge is 2.12. The number of rotatable bonds is 8. The quantitative estimate of drug-likeness (QED) is 0.517. The van der Waals surface area contributed by atoms with E-state index in [2.05, 4.69) is 6.58 Å². The maximum atomic E-state index is 11.1. The maximum Gasteiger partial charge on any atom is 0.333 e. The van der Waals surface area contributed by atoms with Crippen molar-refractivity contribution in [1.82, 2.24) is 0 Å². The highest BCUT2D eigenvalue weighted by molar-refractivity contribution is 5.86. The molecule has 0 aliphatic heterocycles. The van der Waals surface area contributed by atoms with E-state index in [1.165, 1.54) is 0 Å². The summed E-state index contributed by atoms with van der Waals surface area (Å²) >= 11 is 0. The maximum absolute atomic E-state index is 11.1. The van der Waals surface area contributed by atoms with E-state index in [1.54, 1.807) is 13.8 Å². The fourth-order valence-corrected chi connectivity index (χ4v) is 0.907. The van der Waals surface area contributed by atoms with Gasteiger partial charge >= 0.3 is 11.9 Å². The summed E-state index contributed by atoms with van der Waals surface area (Å²) in [6.45, 7) is 9.25. The van der Waals surface area contributed by atoms with Crippen molar-refractivity contribution in [1.29, 1.82) is 0 Å². The molecule has 98 valence electrons. The van der Waals surface area contributed by atoms with Gasteiger partial charge in [-0.05, 0) is 13.8 Å². The first-order chi connectivity index (χ1) is 7.84. The Hall–Kier alpha value is -1.36. The molecule has 0 aliphatic carbocycles. The van der Waals surface area contributed by atoms with Gasteiger partial charge < -0.3 is 14.6 Å². The third-order valence-electron chi connectivity index (χ3n) is 2.04. The number of carboxylic acid groups (broad SMARTS) is 1. The molecule has 0 amide bonds. The van der Waals surface area contributed by atoms with Gasteiger partial charge in [0.25, 0.3) is 0 Å². The first kappa shape index (κ1) is 15.6. The van der Waals surface area contributed by atoms with E-state index in [0.29, 0.717) is 12.2 Å². The summed E-state index contributed by atoms with van der Waals surface area (Å²) in [5.41, 5.74) is 0.359. The second-order valence-corrected chi connectivity index (χ2v) is 4.26. The highest BCUT2D eigenvalue weighted by atomic mass is 16.5. The first-order valence-corrected chi connectivity index (χ1v) is 5.47. The van der Waals surface area contributed by atoms with Crippen LogP contribution < -0.4 is 0 Å². The number of ether oxygens (including phenoxy) is 2. The molecular weight excluding hydrogens is 224 g/mol. The molecule has 0 aromatic rings. The Morgan fingerprint density at radius 3 is 2.29 bits per heavy atom. The van der Waals surface area contributed by atoms with E-state index in [-0.39, 0.29) is 19.1 Å². The zero-order valence-electron chi connectivity index (χ0n) is 10.6. The molecule has 0 saturated heterocycles. The number of hydrogen-bond acceptors (Lipinski definition) is 4. The molecule has 0 heterocycles. The van der Waals surface area contributed by atoms with Crippen molar-refractivity contribution in [3.8, 4) is 0 Å². The molecule has 0 bridgehead atoms. The van der Waals surface area contributed by atoms with Gasteiger partial charge in [-0.2, -0.15) is 0 Å². The summed E-state index contributed by atoms with van der Waals surface area (Å²) in [4.78, 5) is 21.6. The molecule has 0 saturated carbocycles. The average Bonchev–Trinajstić information content (AvgIpc) is 2.25. The van der Waals surface area contributed by atoms with E-state index in [9.17, 15) is 9.59 Å². The molecule has 0 aromatic heterocycles. The van der Waals surface area contributed by atoms with Crippen LogP contribution in [0.15, 0.2) is 12.2 Å². The predicted molar refractivity (Wildman–Crippen MR) is 62.6 cm³/mol. The molecule has 2 atom stereocenters. The van der Waals surface area contributed by atoms with E-state index < -0.39 is 17.9 Å². The summed E-state index contributed by atoms with van der Waals surface area (Å²) in [6, 6.07) is 0. The van der Waals surface area contributed by atoms with Gasteiger partial charge in [-0.1, -0.05) is 13.5 Å². The molecular formula is C12H20O5. The second-order valence-electron chi connectivity index (χ2n) is 4.26. The third-order valence-corrected chi connectivity index (χ3v) is 2.04. The molecule has 5 heteroatoms. The van der Waals surface area contributed by atoms with Crippen LogP contribution in [0.1, 0.15) is 20.8 Å². The summed E-state index contributed by atoms with van der Waals surface area (Å²) in [5.74, 6) is -1.80. The van der Waals surface area contributed by atoms with Crippen molar-refractivity contribution >= 4 is 11.9 Å². The van der Waals surface area contributed by atoms with Gasteiger partial charge in [0.2, 0.25) is 0 Å². The van der Waals surface area contributed by atoms with Crippen LogP contribution in [0.5, 0.6) is 0 Å². The number of carbonyl (C=O) groups excluding carboxylic acids is 1. The van der Waals surface area contributed by atoms with Crippen molar-refractivity contribution in [2.24, 2.45) is 11.8 Å². The lowest BCUT2D eigenvalue weighted by atomic mass is 10.2. The van der Waals surface area contributed by atoms with Crippen molar-refractivity contribution in [3.63, 3.8) is 0 Å². The van der Waals surface area contributed by atoms with Gasteiger partial charge in [0, 0.05) is 11.5 Å². The molecule has 1 N–H and O–H groups in total. The summed E-state index contributed by atoms with van der Waals surface area (Å²) in [5, 5.41) is 8.63. The first-order valence-electron chi connectivity index (χ1n) is 5.47. The van der Waals surface area contributed by atoms with Crippen molar-refractivity contribution in [3.05, 3.63) is 12.2 Å². The molecule has 0 aromatic carbocycles. The molecule has 0 aliphatic rings. The fourth-order valence-electron chi connectivity index (χ4n) is 0.907. The molecule has 0 radical (unpaired) electrons. The lowest BCUT2D eigenvalue weighted by Gasteiger charge is -2.13. The van der Waals surface area contributed by atoms with Crippen molar-refractivity contribution < 1.29 is 24.2 Å². The Bertz CT molecular complexity index is 285. The predicted octanol–water partition coefficient (Wildman–Crippen LogP) is 1.48. The number of aliphatic carboxylic acids is 1. The van der Waals surface area contributed by atoms with Gasteiger partial charge in [0.15, 0.2) is 0 Å². The summed E-state index contributed by atoms with van der Waals surface area (Å²) in [7, 11) is 0. The zero-order valence-corrected chi connectivity index (χ0v) is 10.6. The van der Waals surface area contributed by atoms with Crippen LogP contribution >= 0.6 is 0 Å². The van der Waals surface area contributed by atoms with E-state index in [4.69, 9.17) is 14.6 Å². The van der Waals surface area contributed by atoms with Crippen LogP contribution in [0.3, 0.4) is 0 Å². The molecule has 0 rings (SSSR count). The van der Waals surface area contributed by atoms with Crippen LogP contribution in [-0.2, 0) is 19.1 Å². The monoisotopic (exact) mass is 244 g/mol. The number of carbonyl (C=O) groups is 2. The topological polar surface area (TPSA) is 72.8 Å². The Morgan fingerprint density at radius 2 is 1.82 bits per heavy atom. The van der Waals surface area contributed by atoms with E-state index in [1.807, 2.05) is 6.92 Å². The van der Waals surface area contributed by atoms with Crippen LogP contribution in [0.25, 0.3) is 0 Å². The largest absolute Gasteiger partial charge is 0.481 e. The van der Waals surface area contributed by atoms with Crippen LogP contribution in [0.4, 0.5) is 0 Å². The Labute approximate surface area is 101 Å². The molecule has 17 heavy (non-hydrogen) atoms. The molecule has 5 nitrogen and oxygen atoms in total. The van der Waals surface area contributed by atoms with E-state index in [0.717, 1.165) is 0 Å². The number of esters is 1. The number of hydrogen-bond donors (Lipinski definition) is 1. The van der Waals surface area contributed by atoms with Gasteiger partial charge in [0.1, 0.15) is 0 Å². The zero-order chi connectivity index (χ0) is 13.4. The number of carboxylic acids is 1. The highest BCUT2D eigenvalue weighted by Crippen LogP contribution is 2.02. The molecule has 0 fully saturated rings. The molecule has 2 unspecified atom stereocenters. The lowest BCUT2D eigenvalue weighted by molar-refractivity contribution is -0.143. The Balaban J connectivity index is 3.66. The third kappa shape index (κ3) is 7.52. The summed E-state index contributed by atoms with van der Waals surface area (Å²) < 4.78 is 10.2. The lowest BCUT2D eigenvalue weighted by Crippen LogP contribution is -2.21. The Kier molecular flexibility index (Phi) is 7.21. The minimum atomic E-state index is -0.883. The normalized spacial score (nSPS) is 13.8. The minimum absolute atomic E-state index is 0.0271. The average molecular weight is 244 g/mol. The van der Waals surface area contributed by atoms with Gasteiger partial charge in [-0.15, -0.1) is 0 Å². The van der Waals surface area contributed by atoms with Crippen LogP contribution in [0.2, 0.25) is 0 Å². The van der Waals surface area contributed by atoms with Crippen LogP contribution in [0, 0.1) is 11.8 Å². The molecule has 0 spiro atoms. The minimum Gasteiger partial charge on any atom is -0.481 e. The smallest absolute Gasteiger partial charge is 0.333 e. The van der Waals surface area contributed by atoms with E-state index >= 15 is 0 Å². The van der Waals surface area contributed by atoms with Gasteiger partial charge in [0.05, 0.1) is 25.7 Å². The van der Waals surface area contributed by atoms with Crippen LogP contribution in [-0.4, -0.2) is 36.9 Å². The standard InChI is InChI=1S/C12H20O5/c1-8(2)12(15)17-6-9(3)5-16-7-10(4)11(13)14/h9-10H,1,5-7H2,2-4H3,(H,13,14). The van der Waals surface area contributed by atoms with Crippen molar-refractivity contribution in [2.75, 3.05) is 19.8 Å².